The molecule has 6 nitrogen and oxygen atoms in total. The number of fused-ring (bicyclic) bond motifs is 23. The lowest BCUT2D eigenvalue weighted by atomic mass is 9.82. The first-order valence-corrected chi connectivity index (χ1v) is 47.2. The maximum atomic E-state index is 2.49. The fourth-order valence-corrected chi connectivity index (χ4v) is 23.4. The first-order chi connectivity index (χ1) is 66.3. The molecule has 4 aromatic heterocycles. The van der Waals surface area contributed by atoms with Gasteiger partial charge in [0.25, 0.3) is 0 Å². The van der Waals surface area contributed by atoms with Gasteiger partial charge in [0.05, 0.1) is 44.1 Å². The van der Waals surface area contributed by atoms with E-state index in [0.717, 1.165) is 56.9 Å². The number of hydrogen-bond donors (Lipinski definition) is 0. The molecule has 4 heterocycles. The first-order valence-electron chi connectivity index (χ1n) is 47.2. The third-order valence-electron chi connectivity index (χ3n) is 29.8. The Hall–Kier alpha value is -16.8. The zero-order valence-corrected chi connectivity index (χ0v) is 76.1. The van der Waals surface area contributed by atoms with E-state index in [-0.39, 0.29) is 16.2 Å². The van der Waals surface area contributed by atoms with Crippen LogP contribution < -0.4 is 9.80 Å². The van der Waals surface area contributed by atoms with Crippen molar-refractivity contribution in [3.05, 3.63) is 494 Å². The summed E-state index contributed by atoms with van der Waals surface area (Å²) < 4.78 is 9.92. The second-order valence-electron chi connectivity index (χ2n) is 38.2. The Labute approximate surface area is 785 Å². The molecule has 24 aromatic rings. The molecular formula is C129H94N6. The van der Waals surface area contributed by atoms with Gasteiger partial charge in [-0.15, -0.1) is 0 Å². The molecule has 0 spiro atoms. The molecule has 0 atom stereocenters. The van der Waals surface area contributed by atoms with E-state index in [1.165, 1.54) is 187 Å². The van der Waals surface area contributed by atoms with Gasteiger partial charge < -0.3 is 28.1 Å². The minimum Gasteiger partial charge on any atom is -0.310 e. The molecule has 0 aliphatic heterocycles. The van der Waals surface area contributed by atoms with Crippen LogP contribution in [-0.4, -0.2) is 18.3 Å². The third-order valence-corrected chi connectivity index (χ3v) is 29.8. The highest BCUT2D eigenvalue weighted by atomic mass is 15.2. The number of rotatable bonds is 13. The molecule has 0 unspecified atom stereocenters. The molecular weight excluding hydrogens is 1630 g/mol. The Morgan fingerprint density at radius 2 is 0.400 bits per heavy atom. The molecule has 0 amide bonds. The van der Waals surface area contributed by atoms with E-state index < -0.39 is 0 Å². The zero-order chi connectivity index (χ0) is 90.1. The van der Waals surface area contributed by atoms with Crippen LogP contribution in [0.25, 0.3) is 177 Å². The van der Waals surface area contributed by atoms with Crippen molar-refractivity contribution in [3.8, 4) is 89.5 Å². The Morgan fingerprint density at radius 1 is 0.163 bits per heavy atom. The first kappa shape index (κ1) is 79.2. The number of nitrogens with zero attached hydrogens (tertiary/aromatic N) is 6. The highest BCUT2D eigenvalue weighted by Gasteiger charge is 2.40. The Balaban J connectivity index is 0.000000141. The highest BCUT2D eigenvalue weighted by molar-refractivity contribution is 6.30. The molecule has 20 aromatic carbocycles. The van der Waals surface area contributed by atoms with Gasteiger partial charge in [-0.25, -0.2) is 0 Å². The summed E-state index contributed by atoms with van der Waals surface area (Å²) in [5.74, 6) is 0. The summed E-state index contributed by atoms with van der Waals surface area (Å²) in [6.45, 7) is 14.2. The number of hydrogen-bond acceptors (Lipinski definition) is 2. The van der Waals surface area contributed by atoms with Crippen molar-refractivity contribution in [1.29, 1.82) is 0 Å². The van der Waals surface area contributed by atoms with Crippen molar-refractivity contribution in [2.45, 2.75) is 57.8 Å². The van der Waals surface area contributed by atoms with Gasteiger partial charge in [-0.05, 0) is 258 Å². The summed E-state index contributed by atoms with van der Waals surface area (Å²) in [5.41, 5.74) is 43.8. The van der Waals surface area contributed by atoms with E-state index in [1.54, 1.807) is 0 Å². The normalized spacial score (nSPS) is 13.4. The molecule has 135 heavy (non-hydrogen) atoms. The molecule has 0 bridgehead atoms. The van der Waals surface area contributed by atoms with E-state index in [4.69, 9.17) is 0 Å². The van der Waals surface area contributed by atoms with Gasteiger partial charge in [-0.2, -0.15) is 0 Å². The maximum absolute atomic E-state index is 2.49. The number of benzene rings is 20. The fourth-order valence-electron chi connectivity index (χ4n) is 23.4. The Bertz CT molecular complexity index is 8790. The lowest BCUT2D eigenvalue weighted by Gasteiger charge is -2.30. The SMILES string of the molecule is CC1(C)c2ccccc2-c2ccc(N(c3ccc(-c4cc5c6ccccc6n(-c6ccccc6)c5c5c4c4ccccc4n5-c4ccccc4)cc3)c3ccc4c(c3)C(C)(C)c3ccccc3-4)cc21.CC1(C)c2ccccc2-c2ccc(N(c3ccc(-c4ccccc4)cc3)c3ccc(-c4cc5c6ccccc6n(-c6ccccc6)c5c5c4c4ccccc4n5-c4ccccc4)cc3)cc21. The number of para-hydroxylation sites is 8. The van der Waals surface area contributed by atoms with Crippen LogP contribution in [0.2, 0.25) is 0 Å². The van der Waals surface area contributed by atoms with Gasteiger partial charge in [-0.3, -0.25) is 0 Å². The molecule has 6 heteroatoms. The van der Waals surface area contributed by atoms with Crippen LogP contribution in [0.15, 0.2) is 461 Å². The third kappa shape index (κ3) is 12.2. The summed E-state index contributed by atoms with van der Waals surface area (Å²) in [7, 11) is 0. The van der Waals surface area contributed by atoms with E-state index in [1.807, 2.05) is 0 Å². The van der Waals surface area contributed by atoms with Gasteiger partial charge in [0, 0.05) is 116 Å². The lowest BCUT2D eigenvalue weighted by molar-refractivity contribution is 0.660. The molecule has 0 saturated heterocycles. The van der Waals surface area contributed by atoms with Crippen LogP contribution in [0.3, 0.4) is 0 Å². The predicted molar refractivity (Wildman–Crippen MR) is 569 cm³/mol. The quantitative estimate of drug-likeness (QED) is 0.115. The topological polar surface area (TPSA) is 26.2 Å². The van der Waals surface area contributed by atoms with Gasteiger partial charge in [0.1, 0.15) is 0 Å². The lowest BCUT2D eigenvalue weighted by Crippen LogP contribution is -2.18. The van der Waals surface area contributed by atoms with Crippen LogP contribution in [0, 0.1) is 0 Å². The standard InChI is InChI=1S/C66H49N3.C63H45N3/c1-65(2)56-27-15-11-23-48(56)50-37-35-46(39-58(50)65)67(47-36-38-51-49-24-12-16-28-57(49)66(3,4)59(51)40-47)45-33-31-42(32-34-45)54-41-55-52-25-13-17-29-60(52)68(43-19-7-5-8-20-43)63(55)64-62(54)53-26-14-18-30-61(53)69(64)44-21-9-6-10-22-44;1-63(2)56-27-15-12-24-50(56)51-39-38-49(40-57(51)63)64(47-34-30-43(31-35-47)42-18-6-3-7-19-42)48-36-32-44(33-37-48)54-41-55-52-25-13-16-28-58(52)65(45-20-8-4-9-21-45)61(55)62-60(54)53-26-14-17-29-59(53)66(62)46-22-10-5-11-23-46/h5-41H,1-4H3;3-41H,1-2H3. The summed E-state index contributed by atoms with van der Waals surface area (Å²) in [6.07, 6.45) is 0. The van der Waals surface area contributed by atoms with Gasteiger partial charge in [-0.1, -0.05) is 345 Å². The fraction of sp³-hybridized carbons (Fsp3) is 0.0698. The molecule has 0 saturated carbocycles. The molecule has 640 valence electrons. The van der Waals surface area contributed by atoms with E-state index in [9.17, 15) is 0 Å². The summed E-state index contributed by atoms with van der Waals surface area (Å²) in [4.78, 5) is 4.90. The minimum absolute atomic E-state index is 0.124. The van der Waals surface area contributed by atoms with Crippen LogP contribution >= 0.6 is 0 Å². The van der Waals surface area contributed by atoms with Crippen molar-refractivity contribution in [2.24, 2.45) is 0 Å². The van der Waals surface area contributed by atoms with Crippen molar-refractivity contribution in [2.75, 3.05) is 9.80 Å². The van der Waals surface area contributed by atoms with Crippen LogP contribution in [0.4, 0.5) is 34.1 Å². The molecule has 27 rings (SSSR count). The molecule has 0 radical (unpaired) electrons. The summed E-state index contributed by atoms with van der Waals surface area (Å²) in [5, 5.41) is 9.85. The second kappa shape index (κ2) is 30.7. The van der Waals surface area contributed by atoms with Crippen molar-refractivity contribution in [3.63, 3.8) is 0 Å². The van der Waals surface area contributed by atoms with Gasteiger partial charge in [0.15, 0.2) is 0 Å². The van der Waals surface area contributed by atoms with Crippen LogP contribution in [0.1, 0.15) is 74.9 Å². The zero-order valence-electron chi connectivity index (χ0n) is 76.1. The molecule has 3 aliphatic carbocycles. The van der Waals surface area contributed by atoms with Gasteiger partial charge in [0.2, 0.25) is 0 Å². The van der Waals surface area contributed by atoms with E-state index in [0.29, 0.717) is 0 Å². The Kier molecular flexibility index (Phi) is 18.0. The summed E-state index contributed by atoms with van der Waals surface area (Å²) >= 11 is 0. The smallest absolute Gasteiger partial charge is 0.0795 e. The van der Waals surface area contributed by atoms with Crippen molar-refractivity contribution < 1.29 is 0 Å². The van der Waals surface area contributed by atoms with Crippen LogP contribution in [0.5, 0.6) is 0 Å². The van der Waals surface area contributed by atoms with E-state index in [2.05, 4.69) is 531 Å². The summed E-state index contributed by atoms with van der Waals surface area (Å²) in [6, 6.07) is 170. The monoisotopic (exact) mass is 1730 g/mol. The largest absolute Gasteiger partial charge is 0.310 e. The minimum atomic E-state index is -0.133. The molecule has 0 N–H and O–H groups in total. The second-order valence-corrected chi connectivity index (χ2v) is 38.2. The average molecular weight is 1730 g/mol. The van der Waals surface area contributed by atoms with E-state index >= 15 is 0 Å². The average Bonchev–Trinajstić information content (AvgIpc) is 1.53. The molecule has 3 aliphatic rings. The van der Waals surface area contributed by atoms with Crippen LogP contribution in [-0.2, 0) is 16.2 Å². The predicted octanol–water partition coefficient (Wildman–Crippen LogP) is 34.6. The highest BCUT2D eigenvalue weighted by Crippen LogP contribution is 2.57. The van der Waals surface area contributed by atoms with Gasteiger partial charge >= 0.3 is 0 Å². The number of anilines is 6. The molecule has 0 fully saturated rings. The maximum Gasteiger partial charge on any atom is 0.0795 e. The number of aromatic nitrogens is 4. The van der Waals surface area contributed by atoms with Crippen molar-refractivity contribution >= 4 is 121 Å². The van der Waals surface area contributed by atoms with Crippen molar-refractivity contribution in [1.82, 2.24) is 18.3 Å². The Morgan fingerprint density at radius 3 is 0.733 bits per heavy atom.